The van der Waals surface area contributed by atoms with Crippen molar-refractivity contribution in [2.75, 3.05) is 13.1 Å². The highest BCUT2D eigenvalue weighted by molar-refractivity contribution is 5.20. The average Bonchev–Trinajstić information content (AvgIpc) is 2.43. The molecule has 2 unspecified atom stereocenters. The highest BCUT2D eigenvalue weighted by Crippen LogP contribution is 2.25. The molecule has 1 N–H and O–H groups in total. The second-order valence-electron chi connectivity index (χ2n) is 5.35. The van der Waals surface area contributed by atoms with Gasteiger partial charge < -0.3 is 5.32 Å². The summed E-state index contributed by atoms with van der Waals surface area (Å²) in [7, 11) is 0. The zero-order valence-corrected chi connectivity index (χ0v) is 13.2. The summed E-state index contributed by atoms with van der Waals surface area (Å²) in [6, 6.07) is 12.4. The van der Waals surface area contributed by atoms with E-state index in [4.69, 9.17) is 0 Å². The first-order chi connectivity index (χ1) is 9.15. The Hall–Kier alpha value is -0.860. The Morgan fingerprint density at radius 3 is 2.11 bits per heavy atom. The van der Waals surface area contributed by atoms with E-state index in [1.54, 1.807) is 0 Å². The van der Waals surface area contributed by atoms with E-state index in [9.17, 15) is 0 Å². The minimum Gasteiger partial charge on any atom is -0.309 e. The van der Waals surface area contributed by atoms with Crippen molar-refractivity contribution >= 4 is 0 Å². The van der Waals surface area contributed by atoms with E-state index in [2.05, 4.69) is 75.2 Å². The topological polar surface area (TPSA) is 15.3 Å². The molecule has 2 nitrogen and oxygen atoms in total. The Morgan fingerprint density at radius 1 is 1.05 bits per heavy atom. The largest absolute Gasteiger partial charge is 0.309 e. The molecule has 0 aliphatic carbocycles. The summed E-state index contributed by atoms with van der Waals surface area (Å²) in [6.07, 6.45) is 1.17. The first-order valence-electron chi connectivity index (χ1n) is 7.69. The molecule has 0 radical (unpaired) electrons. The zero-order chi connectivity index (χ0) is 14.3. The van der Waals surface area contributed by atoms with Gasteiger partial charge in [-0.05, 0) is 38.9 Å². The number of likely N-dealkylation sites (N-methyl/N-ethyl adjacent to an activating group) is 2. The van der Waals surface area contributed by atoms with Gasteiger partial charge in [-0.25, -0.2) is 0 Å². The first kappa shape index (κ1) is 16.2. The van der Waals surface area contributed by atoms with Crippen LogP contribution in [0, 0.1) is 0 Å². The fraction of sp³-hybridized carbons (Fsp3) is 0.647. The van der Waals surface area contributed by atoms with Crippen LogP contribution < -0.4 is 5.32 Å². The van der Waals surface area contributed by atoms with Gasteiger partial charge in [-0.1, -0.05) is 51.1 Å². The Labute approximate surface area is 119 Å². The van der Waals surface area contributed by atoms with Gasteiger partial charge in [0.1, 0.15) is 0 Å². The summed E-state index contributed by atoms with van der Waals surface area (Å²) < 4.78 is 0. The lowest BCUT2D eigenvalue weighted by atomic mass is 9.95. The SMILES string of the molecule is CCNC(c1ccccc1)C(CC)N(CC)C(C)C. The lowest BCUT2D eigenvalue weighted by Crippen LogP contribution is -2.47. The number of hydrogen-bond acceptors (Lipinski definition) is 2. The lowest BCUT2D eigenvalue weighted by molar-refractivity contribution is 0.123. The van der Waals surface area contributed by atoms with Gasteiger partial charge in [-0.3, -0.25) is 4.90 Å². The minimum absolute atomic E-state index is 0.415. The third-order valence-electron chi connectivity index (χ3n) is 3.84. The Morgan fingerprint density at radius 2 is 1.68 bits per heavy atom. The van der Waals surface area contributed by atoms with Crippen molar-refractivity contribution in [2.24, 2.45) is 0 Å². The van der Waals surface area contributed by atoms with Crippen LogP contribution in [0.2, 0.25) is 0 Å². The standard InChI is InChI=1S/C17H30N2/c1-6-16(19(8-3)14(4)5)17(18-7-2)15-12-10-9-11-13-15/h9-14,16-18H,6-8H2,1-5H3. The zero-order valence-electron chi connectivity index (χ0n) is 13.2. The van der Waals surface area contributed by atoms with Crippen LogP contribution in [-0.4, -0.2) is 30.1 Å². The van der Waals surface area contributed by atoms with Crippen molar-refractivity contribution in [3.05, 3.63) is 35.9 Å². The van der Waals surface area contributed by atoms with Gasteiger partial charge in [-0.2, -0.15) is 0 Å². The van der Waals surface area contributed by atoms with Gasteiger partial charge in [0.25, 0.3) is 0 Å². The van der Waals surface area contributed by atoms with Gasteiger partial charge in [0.2, 0.25) is 0 Å². The number of nitrogens with one attached hydrogen (secondary N) is 1. The van der Waals surface area contributed by atoms with E-state index in [-0.39, 0.29) is 0 Å². The molecule has 108 valence electrons. The van der Waals surface area contributed by atoms with Crippen LogP contribution in [0.1, 0.15) is 52.6 Å². The van der Waals surface area contributed by atoms with E-state index in [1.807, 2.05) is 0 Å². The Bertz CT molecular complexity index is 334. The molecule has 2 heteroatoms. The van der Waals surface area contributed by atoms with Gasteiger partial charge in [0, 0.05) is 18.1 Å². The highest BCUT2D eigenvalue weighted by atomic mass is 15.2. The number of hydrogen-bond donors (Lipinski definition) is 1. The molecule has 0 aromatic heterocycles. The maximum atomic E-state index is 3.68. The summed E-state index contributed by atoms with van der Waals surface area (Å²) in [5.74, 6) is 0. The van der Waals surface area contributed by atoms with Crippen molar-refractivity contribution in [3.63, 3.8) is 0 Å². The first-order valence-corrected chi connectivity index (χ1v) is 7.69. The number of rotatable bonds is 8. The second kappa shape index (κ2) is 8.34. The van der Waals surface area contributed by atoms with Crippen LogP contribution in [0.5, 0.6) is 0 Å². The molecule has 0 saturated carbocycles. The normalized spacial score (nSPS) is 14.9. The minimum atomic E-state index is 0.415. The van der Waals surface area contributed by atoms with E-state index in [1.165, 1.54) is 12.0 Å². The van der Waals surface area contributed by atoms with Crippen molar-refractivity contribution in [1.29, 1.82) is 0 Å². The third kappa shape index (κ3) is 4.32. The molecule has 2 atom stereocenters. The Kier molecular flexibility index (Phi) is 7.11. The van der Waals surface area contributed by atoms with Gasteiger partial charge in [0.15, 0.2) is 0 Å². The van der Waals surface area contributed by atoms with E-state index in [0.717, 1.165) is 13.1 Å². The molecule has 0 aliphatic heterocycles. The molecule has 0 aliphatic rings. The van der Waals surface area contributed by atoms with Crippen LogP contribution in [0.25, 0.3) is 0 Å². The van der Waals surface area contributed by atoms with Crippen LogP contribution >= 0.6 is 0 Å². The van der Waals surface area contributed by atoms with Gasteiger partial charge in [-0.15, -0.1) is 0 Å². The summed E-state index contributed by atoms with van der Waals surface area (Å²) in [6.45, 7) is 13.4. The maximum absolute atomic E-state index is 3.68. The fourth-order valence-corrected chi connectivity index (χ4v) is 3.00. The smallest absolute Gasteiger partial charge is 0.0478 e. The van der Waals surface area contributed by atoms with Crippen LogP contribution in [0.4, 0.5) is 0 Å². The molecule has 0 fully saturated rings. The highest BCUT2D eigenvalue weighted by Gasteiger charge is 2.27. The molecule has 0 saturated heterocycles. The molecular formula is C17H30N2. The van der Waals surface area contributed by atoms with Crippen LogP contribution in [0.15, 0.2) is 30.3 Å². The molecule has 1 aromatic carbocycles. The van der Waals surface area contributed by atoms with Crippen molar-refractivity contribution < 1.29 is 0 Å². The van der Waals surface area contributed by atoms with E-state index >= 15 is 0 Å². The molecule has 19 heavy (non-hydrogen) atoms. The Balaban J connectivity index is 3.00. The molecule has 0 bridgehead atoms. The quantitative estimate of drug-likeness (QED) is 0.765. The molecule has 1 aromatic rings. The molecule has 0 amide bonds. The number of benzene rings is 1. The maximum Gasteiger partial charge on any atom is 0.0478 e. The summed E-state index contributed by atoms with van der Waals surface area (Å²) in [5.41, 5.74) is 1.40. The van der Waals surface area contributed by atoms with Crippen molar-refractivity contribution in [1.82, 2.24) is 10.2 Å². The second-order valence-corrected chi connectivity index (χ2v) is 5.35. The summed E-state index contributed by atoms with van der Waals surface area (Å²) in [5, 5.41) is 3.68. The van der Waals surface area contributed by atoms with E-state index < -0.39 is 0 Å². The van der Waals surface area contributed by atoms with Gasteiger partial charge in [0.05, 0.1) is 0 Å². The van der Waals surface area contributed by atoms with Crippen LogP contribution in [0.3, 0.4) is 0 Å². The van der Waals surface area contributed by atoms with Crippen molar-refractivity contribution in [2.45, 2.75) is 59.2 Å². The molecule has 1 rings (SSSR count). The predicted molar refractivity (Wildman–Crippen MR) is 84.5 cm³/mol. The molecule has 0 spiro atoms. The fourth-order valence-electron chi connectivity index (χ4n) is 3.00. The van der Waals surface area contributed by atoms with Gasteiger partial charge >= 0.3 is 0 Å². The lowest BCUT2D eigenvalue weighted by Gasteiger charge is -2.39. The summed E-state index contributed by atoms with van der Waals surface area (Å²) >= 11 is 0. The van der Waals surface area contributed by atoms with Crippen LogP contribution in [-0.2, 0) is 0 Å². The van der Waals surface area contributed by atoms with E-state index in [0.29, 0.717) is 18.1 Å². The summed E-state index contributed by atoms with van der Waals surface area (Å²) in [4.78, 5) is 2.60. The monoisotopic (exact) mass is 262 g/mol. The molecular weight excluding hydrogens is 232 g/mol. The molecule has 0 heterocycles. The number of nitrogens with zero attached hydrogens (tertiary/aromatic N) is 1. The third-order valence-corrected chi connectivity index (χ3v) is 3.84. The van der Waals surface area contributed by atoms with Crippen molar-refractivity contribution in [3.8, 4) is 0 Å². The predicted octanol–water partition coefficient (Wildman–Crippen LogP) is 3.85. The average molecular weight is 262 g/mol.